The zero-order valence-electron chi connectivity index (χ0n) is 11.5. The number of fused-ring (bicyclic) bond motifs is 1. The fourth-order valence-corrected chi connectivity index (χ4v) is 3.57. The van der Waals surface area contributed by atoms with E-state index < -0.39 is 0 Å². The Kier molecular flexibility index (Phi) is 4.63. The fraction of sp³-hybridized carbons (Fsp3) is 0.294. The lowest BCUT2D eigenvalue weighted by Gasteiger charge is -2.26. The molecule has 1 aliphatic rings. The lowest BCUT2D eigenvalue weighted by Crippen LogP contribution is -2.18. The number of hydrogen-bond acceptors (Lipinski definition) is 1. The SMILES string of the molecule is Clc1cc(Cl)c(NCC2CCCc3ccccc32)cc1Cl. The molecule has 0 bridgehead atoms. The van der Waals surface area contributed by atoms with Crippen LogP contribution in [0.2, 0.25) is 15.1 Å². The van der Waals surface area contributed by atoms with E-state index in [2.05, 4.69) is 29.6 Å². The molecular formula is C17H16Cl3N. The molecule has 0 amide bonds. The van der Waals surface area contributed by atoms with Crippen LogP contribution >= 0.6 is 34.8 Å². The molecular weight excluding hydrogens is 325 g/mol. The van der Waals surface area contributed by atoms with Gasteiger partial charge in [-0.05, 0) is 42.5 Å². The molecule has 0 aliphatic heterocycles. The molecule has 0 fully saturated rings. The number of benzene rings is 2. The first-order chi connectivity index (χ1) is 10.1. The Morgan fingerprint density at radius 1 is 1.00 bits per heavy atom. The number of rotatable bonds is 3. The van der Waals surface area contributed by atoms with E-state index in [0.29, 0.717) is 21.0 Å². The summed E-state index contributed by atoms with van der Waals surface area (Å²) in [5.74, 6) is 0.514. The summed E-state index contributed by atoms with van der Waals surface area (Å²) in [6, 6.07) is 12.2. The molecule has 0 spiro atoms. The second-order valence-corrected chi connectivity index (χ2v) is 6.64. The third-order valence-corrected chi connectivity index (χ3v) is 5.08. The number of anilines is 1. The van der Waals surface area contributed by atoms with Crippen LogP contribution in [-0.4, -0.2) is 6.54 Å². The average molecular weight is 341 g/mol. The van der Waals surface area contributed by atoms with E-state index in [9.17, 15) is 0 Å². The van der Waals surface area contributed by atoms with Crippen LogP contribution in [-0.2, 0) is 6.42 Å². The largest absolute Gasteiger partial charge is 0.383 e. The molecule has 4 heteroatoms. The first-order valence-electron chi connectivity index (χ1n) is 7.11. The van der Waals surface area contributed by atoms with Crippen molar-refractivity contribution >= 4 is 40.5 Å². The molecule has 0 saturated heterocycles. The van der Waals surface area contributed by atoms with Gasteiger partial charge in [-0.15, -0.1) is 0 Å². The van der Waals surface area contributed by atoms with E-state index >= 15 is 0 Å². The smallest absolute Gasteiger partial charge is 0.0653 e. The van der Waals surface area contributed by atoms with Crippen LogP contribution in [0.3, 0.4) is 0 Å². The van der Waals surface area contributed by atoms with Crippen molar-refractivity contribution in [3.05, 3.63) is 62.6 Å². The maximum Gasteiger partial charge on any atom is 0.0653 e. The molecule has 3 rings (SSSR count). The molecule has 1 atom stereocenters. The predicted molar refractivity (Wildman–Crippen MR) is 92.1 cm³/mol. The van der Waals surface area contributed by atoms with Crippen molar-refractivity contribution in [2.24, 2.45) is 0 Å². The highest BCUT2D eigenvalue weighted by atomic mass is 35.5. The standard InChI is InChI=1S/C17H16Cl3N/c18-14-8-16(20)17(9-15(14)19)21-10-12-6-3-5-11-4-1-2-7-13(11)12/h1-2,4,7-9,12,21H,3,5-6,10H2. The molecule has 1 nitrogen and oxygen atoms in total. The molecule has 2 aromatic rings. The Balaban J connectivity index is 1.76. The third-order valence-electron chi connectivity index (χ3n) is 4.04. The van der Waals surface area contributed by atoms with Crippen molar-refractivity contribution in [2.45, 2.75) is 25.2 Å². The average Bonchev–Trinajstić information content (AvgIpc) is 2.49. The van der Waals surface area contributed by atoms with Gasteiger partial charge in [0, 0.05) is 12.5 Å². The molecule has 1 unspecified atom stereocenters. The summed E-state index contributed by atoms with van der Waals surface area (Å²) < 4.78 is 0. The van der Waals surface area contributed by atoms with Crippen molar-refractivity contribution in [1.82, 2.24) is 0 Å². The van der Waals surface area contributed by atoms with Gasteiger partial charge in [-0.1, -0.05) is 59.1 Å². The Morgan fingerprint density at radius 2 is 1.76 bits per heavy atom. The van der Waals surface area contributed by atoms with Crippen LogP contribution in [0, 0.1) is 0 Å². The molecule has 0 aromatic heterocycles. The molecule has 1 aliphatic carbocycles. The van der Waals surface area contributed by atoms with Crippen LogP contribution in [0.1, 0.15) is 29.9 Å². The van der Waals surface area contributed by atoms with Crippen LogP contribution in [0.5, 0.6) is 0 Å². The summed E-state index contributed by atoms with van der Waals surface area (Å²) in [6.45, 7) is 0.856. The molecule has 2 aromatic carbocycles. The Hall–Kier alpha value is -0.890. The summed E-state index contributed by atoms with van der Waals surface area (Å²) in [4.78, 5) is 0. The minimum absolute atomic E-state index is 0.482. The topological polar surface area (TPSA) is 12.0 Å². The summed E-state index contributed by atoms with van der Waals surface area (Å²) in [5.41, 5.74) is 3.76. The fourth-order valence-electron chi connectivity index (χ4n) is 2.96. The molecule has 21 heavy (non-hydrogen) atoms. The van der Waals surface area contributed by atoms with Gasteiger partial charge in [-0.3, -0.25) is 0 Å². The molecule has 1 N–H and O–H groups in total. The van der Waals surface area contributed by atoms with Gasteiger partial charge in [0.25, 0.3) is 0 Å². The zero-order chi connectivity index (χ0) is 14.8. The third kappa shape index (κ3) is 3.31. The van der Waals surface area contributed by atoms with Crippen molar-refractivity contribution in [3.63, 3.8) is 0 Å². The monoisotopic (exact) mass is 339 g/mol. The first kappa shape index (κ1) is 15.0. The Morgan fingerprint density at radius 3 is 2.62 bits per heavy atom. The van der Waals surface area contributed by atoms with Crippen molar-refractivity contribution in [2.75, 3.05) is 11.9 Å². The highest BCUT2D eigenvalue weighted by Crippen LogP contribution is 2.35. The number of hydrogen-bond donors (Lipinski definition) is 1. The molecule has 0 radical (unpaired) electrons. The maximum absolute atomic E-state index is 6.21. The van der Waals surface area contributed by atoms with E-state index in [4.69, 9.17) is 34.8 Å². The van der Waals surface area contributed by atoms with Crippen LogP contribution in [0.4, 0.5) is 5.69 Å². The molecule has 110 valence electrons. The summed E-state index contributed by atoms with van der Waals surface area (Å²) >= 11 is 18.2. The Bertz CT molecular complexity index is 654. The first-order valence-corrected chi connectivity index (χ1v) is 8.25. The lowest BCUT2D eigenvalue weighted by molar-refractivity contribution is 0.572. The number of nitrogens with one attached hydrogen (secondary N) is 1. The van der Waals surface area contributed by atoms with E-state index in [-0.39, 0.29) is 0 Å². The van der Waals surface area contributed by atoms with Gasteiger partial charge in [0.15, 0.2) is 0 Å². The molecule has 0 heterocycles. The highest BCUT2D eigenvalue weighted by molar-refractivity contribution is 6.44. The number of aryl methyl sites for hydroxylation is 1. The van der Waals surface area contributed by atoms with Gasteiger partial charge >= 0.3 is 0 Å². The summed E-state index contributed by atoms with van der Waals surface area (Å²) in [6.07, 6.45) is 3.61. The van der Waals surface area contributed by atoms with Crippen molar-refractivity contribution in [1.29, 1.82) is 0 Å². The van der Waals surface area contributed by atoms with Crippen LogP contribution in [0.15, 0.2) is 36.4 Å². The van der Waals surface area contributed by atoms with E-state index in [1.165, 1.54) is 30.4 Å². The summed E-state index contributed by atoms with van der Waals surface area (Å²) in [5, 5.41) is 5.02. The lowest BCUT2D eigenvalue weighted by atomic mass is 9.83. The minimum Gasteiger partial charge on any atom is -0.383 e. The van der Waals surface area contributed by atoms with Gasteiger partial charge in [-0.25, -0.2) is 0 Å². The second-order valence-electron chi connectivity index (χ2n) is 5.42. The summed E-state index contributed by atoms with van der Waals surface area (Å²) in [7, 11) is 0. The molecule has 0 saturated carbocycles. The zero-order valence-corrected chi connectivity index (χ0v) is 13.8. The van der Waals surface area contributed by atoms with Gasteiger partial charge in [0.2, 0.25) is 0 Å². The normalized spacial score (nSPS) is 17.4. The Labute approximate surface area is 140 Å². The second kappa shape index (κ2) is 6.48. The van der Waals surface area contributed by atoms with Crippen LogP contribution in [0.25, 0.3) is 0 Å². The van der Waals surface area contributed by atoms with Gasteiger partial charge in [0.1, 0.15) is 0 Å². The maximum atomic E-state index is 6.21. The quantitative estimate of drug-likeness (QED) is 0.658. The highest BCUT2D eigenvalue weighted by Gasteiger charge is 2.19. The number of halogens is 3. The van der Waals surface area contributed by atoms with E-state index in [0.717, 1.165) is 12.2 Å². The van der Waals surface area contributed by atoms with Gasteiger partial charge in [0.05, 0.1) is 20.8 Å². The van der Waals surface area contributed by atoms with E-state index in [1.807, 2.05) is 0 Å². The predicted octanol–water partition coefficient (Wildman–Crippen LogP) is 6.18. The van der Waals surface area contributed by atoms with E-state index in [1.54, 1.807) is 12.1 Å². The minimum atomic E-state index is 0.482. The van der Waals surface area contributed by atoms with Crippen molar-refractivity contribution < 1.29 is 0 Å². The van der Waals surface area contributed by atoms with Crippen LogP contribution < -0.4 is 5.32 Å². The van der Waals surface area contributed by atoms with Gasteiger partial charge < -0.3 is 5.32 Å². The van der Waals surface area contributed by atoms with Gasteiger partial charge in [-0.2, -0.15) is 0 Å². The van der Waals surface area contributed by atoms with Crippen molar-refractivity contribution in [3.8, 4) is 0 Å².